The van der Waals surface area contributed by atoms with Crippen LogP contribution in [0.4, 0.5) is 37.7 Å². The van der Waals surface area contributed by atoms with Gasteiger partial charge < -0.3 is 0 Å². The number of halogens is 6. The van der Waals surface area contributed by atoms with Gasteiger partial charge in [-0.15, -0.1) is 0 Å². The van der Waals surface area contributed by atoms with Crippen molar-refractivity contribution in [1.82, 2.24) is 19.6 Å². The number of benzene rings is 4. The van der Waals surface area contributed by atoms with Crippen LogP contribution in [0.25, 0.3) is 33.9 Å². The molecular weight excluding hydrogens is 747 g/mol. The Morgan fingerprint density at radius 2 is 0.887 bits per heavy atom. The Kier molecular flexibility index (Phi) is 10.8. The van der Waals surface area contributed by atoms with E-state index in [-0.39, 0.29) is 11.4 Å². The molecule has 2 N–H and O–H groups in total. The van der Waals surface area contributed by atoms with Crippen LogP contribution >= 0.6 is 0 Å². The first-order chi connectivity index (χ1) is 24.7. The topological polar surface area (TPSA) is 128 Å². The zero-order chi connectivity index (χ0) is 38.8. The zero-order valence-corrected chi connectivity index (χ0v) is 29.6. The summed E-state index contributed by atoms with van der Waals surface area (Å²) < 4.78 is 131. The van der Waals surface area contributed by atoms with Crippen molar-refractivity contribution in [1.29, 1.82) is 0 Å². The predicted molar refractivity (Wildman–Crippen MR) is 190 cm³/mol. The number of anilines is 2. The van der Waals surface area contributed by atoms with Crippen LogP contribution in [0.15, 0.2) is 115 Å². The van der Waals surface area contributed by atoms with E-state index in [2.05, 4.69) is 19.6 Å². The molecule has 0 aliphatic heterocycles. The molecule has 0 aliphatic rings. The van der Waals surface area contributed by atoms with E-state index >= 15 is 0 Å². The molecule has 0 fully saturated rings. The second-order valence-corrected chi connectivity index (χ2v) is 15.2. The van der Waals surface area contributed by atoms with Gasteiger partial charge in [0.15, 0.2) is 11.4 Å². The van der Waals surface area contributed by atoms with Crippen molar-refractivity contribution < 1.29 is 43.2 Å². The molecule has 2 heterocycles. The highest BCUT2D eigenvalue weighted by atomic mass is 32.2. The normalized spacial score (nSPS) is 12.2. The highest BCUT2D eigenvalue weighted by Crippen LogP contribution is 2.35. The quantitative estimate of drug-likeness (QED) is 0.150. The Hall–Kier alpha value is -5.62. The summed E-state index contributed by atoms with van der Waals surface area (Å²) >= 11 is 0. The van der Waals surface area contributed by atoms with Crippen molar-refractivity contribution in [2.75, 3.05) is 22.0 Å². The van der Waals surface area contributed by atoms with Crippen molar-refractivity contribution >= 4 is 31.4 Å². The van der Waals surface area contributed by atoms with Gasteiger partial charge in [-0.05, 0) is 67.6 Å². The Labute approximate surface area is 300 Å². The van der Waals surface area contributed by atoms with E-state index in [0.29, 0.717) is 33.9 Å². The van der Waals surface area contributed by atoms with Crippen LogP contribution in [0.5, 0.6) is 0 Å². The number of sulfonamides is 2. The maximum absolute atomic E-state index is 13.2. The monoisotopic (exact) mass is 776 g/mol. The zero-order valence-electron chi connectivity index (χ0n) is 28.0. The molecule has 0 unspecified atom stereocenters. The molecule has 0 bridgehead atoms. The number of rotatable bonds is 8. The summed E-state index contributed by atoms with van der Waals surface area (Å²) in [5.74, 6) is 0. The highest BCUT2D eigenvalue weighted by molar-refractivity contribution is 7.92. The van der Waals surface area contributed by atoms with Gasteiger partial charge in [0.1, 0.15) is 0 Å². The average Bonchev–Trinajstić information content (AvgIpc) is 3.72. The molecule has 0 amide bonds. The molecule has 6 rings (SSSR count). The van der Waals surface area contributed by atoms with Gasteiger partial charge in [-0.2, -0.15) is 36.5 Å². The first-order valence-corrected chi connectivity index (χ1v) is 19.1. The van der Waals surface area contributed by atoms with Gasteiger partial charge in [0.25, 0.3) is 0 Å². The lowest BCUT2D eigenvalue weighted by molar-refractivity contribution is -0.142. The summed E-state index contributed by atoms with van der Waals surface area (Å²) in [5, 5.41) is 7.39. The molecule has 0 spiro atoms. The number of hydrogen-bond acceptors (Lipinski definition) is 6. The summed E-state index contributed by atoms with van der Waals surface area (Å²) in [7, 11) is -6.89. The molecule has 53 heavy (non-hydrogen) atoms. The standard InChI is InChI=1S/C18H16F3N3O2S.C17H14F3N3O2S/c1-12-3-5-13(6-4-12)16-11-17(18(19,20)21)22-24(16)15-9-7-14(8-10-15)23-27(2,25)26;1-26(24,25)22-13-7-9-14(10-8-13)23-15(12-5-3-2-4-6-12)11-16(21-23)17(18,19)20/h3-11,23H,1-2H3;2-11,22H,1H3. The van der Waals surface area contributed by atoms with E-state index in [1.807, 2.05) is 6.92 Å². The van der Waals surface area contributed by atoms with Gasteiger partial charge in [0, 0.05) is 22.5 Å². The Bertz CT molecular complexity index is 2410. The van der Waals surface area contributed by atoms with Crippen LogP contribution in [0.1, 0.15) is 17.0 Å². The maximum Gasteiger partial charge on any atom is 0.435 e. The largest absolute Gasteiger partial charge is 0.435 e. The first-order valence-electron chi connectivity index (χ1n) is 15.3. The maximum atomic E-state index is 13.2. The van der Waals surface area contributed by atoms with Crippen LogP contribution in [0.3, 0.4) is 0 Å². The molecule has 0 saturated heterocycles. The third-order valence-electron chi connectivity index (χ3n) is 7.25. The third-order valence-corrected chi connectivity index (χ3v) is 8.46. The summed E-state index contributed by atoms with van der Waals surface area (Å²) in [6, 6.07) is 29.4. The molecule has 18 heteroatoms. The summed E-state index contributed by atoms with van der Waals surface area (Å²) in [4.78, 5) is 0. The van der Waals surface area contributed by atoms with Crippen molar-refractivity contribution in [3.8, 4) is 33.9 Å². The SMILES string of the molecule is CS(=O)(=O)Nc1ccc(-n2nc(C(F)(F)F)cc2-c2ccccc2)cc1.Cc1ccc(-c2cc(C(F)(F)F)nn2-c2ccc(NS(C)(=O)=O)cc2)cc1. The predicted octanol–water partition coefficient (Wildman–Crippen LogP) is 8.17. The van der Waals surface area contributed by atoms with E-state index < -0.39 is 43.8 Å². The highest BCUT2D eigenvalue weighted by Gasteiger charge is 2.36. The molecule has 10 nitrogen and oxygen atoms in total. The molecule has 278 valence electrons. The van der Waals surface area contributed by atoms with Crippen molar-refractivity contribution in [2.45, 2.75) is 19.3 Å². The smallest absolute Gasteiger partial charge is 0.284 e. The number of alkyl halides is 6. The second-order valence-electron chi connectivity index (χ2n) is 11.7. The van der Waals surface area contributed by atoms with Crippen LogP contribution in [0, 0.1) is 6.92 Å². The lowest BCUT2D eigenvalue weighted by Gasteiger charge is -2.09. The second kappa shape index (κ2) is 14.8. The Balaban J connectivity index is 0.000000204. The minimum atomic E-state index is -4.58. The number of nitrogens with zero attached hydrogens (tertiary/aromatic N) is 4. The van der Waals surface area contributed by atoms with E-state index in [1.54, 1.807) is 54.6 Å². The Morgan fingerprint density at radius 3 is 1.23 bits per heavy atom. The molecular formula is C35H30F6N6O4S2. The van der Waals surface area contributed by atoms with Crippen molar-refractivity contribution in [3.05, 3.63) is 132 Å². The molecule has 6 aromatic rings. The number of hydrogen-bond donors (Lipinski definition) is 2. The van der Waals surface area contributed by atoms with Crippen LogP contribution < -0.4 is 9.44 Å². The average molecular weight is 777 g/mol. The van der Waals surface area contributed by atoms with E-state index in [0.717, 1.165) is 30.2 Å². The minimum absolute atomic E-state index is 0.279. The van der Waals surface area contributed by atoms with Gasteiger partial charge in [0.2, 0.25) is 20.0 Å². The van der Waals surface area contributed by atoms with Gasteiger partial charge in [-0.25, -0.2) is 26.2 Å². The number of nitrogens with one attached hydrogen (secondary N) is 2. The van der Waals surface area contributed by atoms with E-state index in [1.165, 1.54) is 57.9 Å². The van der Waals surface area contributed by atoms with Crippen molar-refractivity contribution in [3.63, 3.8) is 0 Å². The van der Waals surface area contributed by atoms with Gasteiger partial charge in [0.05, 0.1) is 35.3 Å². The summed E-state index contributed by atoms with van der Waals surface area (Å²) in [5.41, 5.74) is 2.06. The molecule has 0 saturated carbocycles. The fourth-order valence-electron chi connectivity index (χ4n) is 4.95. The molecule has 2 aromatic heterocycles. The van der Waals surface area contributed by atoms with Crippen LogP contribution in [-0.4, -0.2) is 48.9 Å². The van der Waals surface area contributed by atoms with E-state index in [9.17, 15) is 43.2 Å². The van der Waals surface area contributed by atoms with Crippen LogP contribution in [0.2, 0.25) is 0 Å². The van der Waals surface area contributed by atoms with Gasteiger partial charge in [-0.3, -0.25) is 9.44 Å². The van der Waals surface area contributed by atoms with Gasteiger partial charge in [-0.1, -0.05) is 60.2 Å². The van der Waals surface area contributed by atoms with Crippen molar-refractivity contribution in [2.24, 2.45) is 0 Å². The van der Waals surface area contributed by atoms with Gasteiger partial charge >= 0.3 is 12.4 Å². The number of aromatic nitrogens is 4. The fourth-order valence-corrected chi connectivity index (χ4v) is 6.08. The lowest BCUT2D eigenvalue weighted by atomic mass is 10.1. The molecule has 4 aromatic carbocycles. The summed E-state index contributed by atoms with van der Waals surface area (Å²) in [6.45, 7) is 1.88. The van der Waals surface area contributed by atoms with Crippen LogP contribution in [-0.2, 0) is 32.4 Å². The third kappa shape index (κ3) is 10.3. The lowest BCUT2D eigenvalue weighted by Crippen LogP contribution is -2.10. The number of aryl methyl sites for hydroxylation is 1. The molecule has 0 aliphatic carbocycles. The molecule has 0 atom stereocenters. The summed E-state index contributed by atoms with van der Waals surface area (Å²) in [6.07, 6.45) is -7.13. The Morgan fingerprint density at radius 1 is 0.528 bits per heavy atom. The fraction of sp³-hybridized carbons (Fsp3) is 0.143. The first kappa shape index (κ1) is 38.6. The van der Waals surface area contributed by atoms with E-state index in [4.69, 9.17) is 0 Å². The minimum Gasteiger partial charge on any atom is -0.284 e. The molecule has 0 radical (unpaired) electrons.